The van der Waals surface area contributed by atoms with Crippen LogP contribution in [-0.4, -0.2) is 15.8 Å². The summed E-state index contributed by atoms with van der Waals surface area (Å²) in [6, 6.07) is 3.89. The minimum atomic E-state index is 0. The number of Topliss-reactive ketones (excluding diaryl/α,β-unsaturated/α-hetero) is 1. The van der Waals surface area contributed by atoms with Crippen LogP contribution in [0.3, 0.4) is 0 Å². The number of carbonyl (C=O) groups excluding carboxylic acids is 1. The zero-order chi connectivity index (χ0) is 12.1. The van der Waals surface area contributed by atoms with E-state index in [0.29, 0.717) is 18.6 Å². The third-order valence-electron chi connectivity index (χ3n) is 1.63. The van der Waals surface area contributed by atoms with Gasteiger partial charge in [0, 0.05) is 58.6 Å². The third kappa shape index (κ3) is 17.4. The first-order valence-electron chi connectivity index (χ1n) is 5.22. The fourth-order valence-electron chi connectivity index (χ4n) is 0.703. The van der Waals surface area contributed by atoms with Crippen LogP contribution in [0.25, 0.3) is 0 Å². The van der Waals surface area contributed by atoms with Crippen LogP contribution in [0, 0.1) is 0 Å². The Bertz CT molecular complexity index is 261. The average Bonchev–Trinajstić information content (AvgIpc) is 3.03. The van der Waals surface area contributed by atoms with Gasteiger partial charge in [-0.3, -0.25) is 9.78 Å². The molecule has 6 heteroatoms. The van der Waals surface area contributed by atoms with Gasteiger partial charge in [0.15, 0.2) is 0 Å². The Morgan fingerprint density at radius 2 is 1.78 bits per heavy atom. The van der Waals surface area contributed by atoms with Gasteiger partial charge in [0.2, 0.25) is 0 Å². The molecule has 106 valence electrons. The van der Waals surface area contributed by atoms with E-state index < -0.39 is 0 Å². The summed E-state index contributed by atoms with van der Waals surface area (Å²) in [7, 11) is 0. The van der Waals surface area contributed by atoms with Gasteiger partial charge in [0.1, 0.15) is 5.78 Å². The standard InChI is InChI=1S/C5H10O.C4H5N.C3H3NS.Cu.F/c1-3-5(6)4-2;1-2-4-5-3-1;1-2-5-3-4-1;;/h3-4H2,1-2H3;1-5H;1-3H;;. The molecule has 0 aromatic carbocycles. The molecule has 0 aliphatic heterocycles. The number of nitrogens with zero attached hydrogens (tertiary/aromatic N) is 1. The van der Waals surface area contributed by atoms with Crippen LogP contribution in [0.1, 0.15) is 26.7 Å². The quantitative estimate of drug-likeness (QED) is 0.851. The molecule has 0 atom stereocenters. The number of aromatic nitrogens is 2. The van der Waals surface area contributed by atoms with E-state index >= 15 is 0 Å². The SMILES string of the molecule is CCC(=O)CC.[Cu].[F].c1cc[nH]c1.c1cscn1. The predicted molar refractivity (Wildman–Crippen MR) is 69.6 cm³/mol. The van der Waals surface area contributed by atoms with Crippen LogP contribution in [0.5, 0.6) is 0 Å². The summed E-state index contributed by atoms with van der Waals surface area (Å²) in [6.45, 7) is 3.76. The minimum absolute atomic E-state index is 0. The monoisotopic (exact) mass is 320 g/mol. The molecule has 0 aliphatic carbocycles. The zero-order valence-corrected chi connectivity index (χ0v) is 12.2. The first-order valence-corrected chi connectivity index (χ1v) is 6.17. The Morgan fingerprint density at radius 3 is 1.89 bits per heavy atom. The van der Waals surface area contributed by atoms with Gasteiger partial charge in [-0.1, -0.05) is 13.8 Å². The molecule has 18 heavy (non-hydrogen) atoms. The van der Waals surface area contributed by atoms with Crippen molar-refractivity contribution in [3.63, 3.8) is 0 Å². The van der Waals surface area contributed by atoms with Gasteiger partial charge in [0.05, 0.1) is 5.51 Å². The number of hydrogen-bond acceptors (Lipinski definition) is 3. The fourth-order valence-corrected chi connectivity index (χ4v) is 1.05. The van der Waals surface area contributed by atoms with E-state index in [9.17, 15) is 4.79 Å². The Kier molecular flexibility index (Phi) is 22.7. The molecule has 0 unspecified atom stereocenters. The smallest absolute Gasteiger partial charge is 0.132 e. The van der Waals surface area contributed by atoms with Crippen LogP contribution in [0.2, 0.25) is 0 Å². The second-order valence-electron chi connectivity index (χ2n) is 2.81. The molecule has 0 spiro atoms. The van der Waals surface area contributed by atoms with Gasteiger partial charge in [0.25, 0.3) is 0 Å². The largest absolute Gasteiger partial charge is 0.368 e. The topological polar surface area (TPSA) is 45.8 Å². The third-order valence-corrected chi connectivity index (χ3v) is 2.15. The van der Waals surface area contributed by atoms with E-state index in [0.717, 1.165) is 0 Å². The molecule has 1 N–H and O–H groups in total. The van der Waals surface area contributed by atoms with Gasteiger partial charge >= 0.3 is 0 Å². The minimum Gasteiger partial charge on any atom is -0.368 e. The van der Waals surface area contributed by atoms with Gasteiger partial charge in [-0.2, -0.15) is 0 Å². The molecule has 2 radical (unpaired) electrons. The summed E-state index contributed by atoms with van der Waals surface area (Å²) in [5, 5.41) is 1.93. The van der Waals surface area contributed by atoms with E-state index in [1.807, 2.05) is 43.8 Å². The van der Waals surface area contributed by atoms with Crippen molar-refractivity contribution >= 4 is 17.1 Å². The molecule has 2 heterocycles. The van der Waals surface area contributed by atoms with E-state index in [4.69, 9.17) is 0 Å². The Morgan fingerprint density at radius 1 is 1.22 bits per heavy atom. The number of ketones is 1. The first-order chi connectivity index (χ1) is 7.81. The second-order valence-corrected chi connectivity index (χ2v) is 3.56. The summed E-state index contributed by atoms with van der Waals surface area (Å²) in [4.78, 5) is 16.8. The molecule has 2 aromatic heterocycles. The average molecular weight is 321 g/mol. The molecule has 0 saturated heterocycles. The molecule has 0 bridgehead atoms. The first kappa shape index (κ1) is 22.2. The summed E-state index contributed by atoms with van der Waals surface area (Å²) < 4.78 is 0. The number of halogens is 1. The molecule has 3 nitrogen and oxygen atoms in total. The van der Waals surface area contributed by atoms with Crippen molar-refractivity contribution in [1.82, 2.24) is 9.97 Å². The Balaban J connectivity index is -0.000000178. The summed E-state index contributed by atoms with van der Waals surface area (Å²) in [5.74, 6) is 0.343. The molecule has 2 rings (SSSR count). The maximum Gasteiger partial charge on any atom is 0.132 e. The number of aromatic amines is 1. The molecular weight excluding hydrogens is 303 g/mol. The summed E-state index contributed by atoms with van der Waals surface area (Å²) in [6.07, 6.45) is 6.90. The molecule has 0 saturated carbocycles. The fraction of sp³-hybridized carbons (Fsp3) is 0.333. The van der Waals surface area contributed by atoms with Gasteiger partial charge < -0.3 is 4.98 Å². The van der Waals surface area contributed by atoms with E-state index in [1.165, 1.54) is 0 Å². The van der Waals surface area contributed by atoms with Crippen molar-refractivity contribution in [2.45, 2.75) is 26.7 Å². The van der Waals surface area contributed by atoms with Crippen LogP contribution in [-0.2, 0) is 21.9 Å². The van der Waals surface area contributed by atoms with Crippen LogP contribution >= 0.6 is 11.3 Å². The van der Waals surface area contributed by atoms with Crippen molar-refractivity contribution in [1.29, 1.82) is 0 Å². The normalized spacial score (nSPS) is 7.22. The van der Waals surface area contributed by atoms with E-state index in [1.54, 1.807) is 23.0 Å². The van der Waals surface area contributed by atoms with Crippen LogP contribution < -0.4 is 0 Å². The van der Waals surface area contributed by atoms with Crippen LogP contribution in [0.15, 0.2) is 41.6 Å². The summed E-state index contributed by atoms with van der Waals surface area (Å²) in [5.41, 5.74) is 1.79. The van der Waals surface area contributed by atoms with Gasteiger partial charge in [-0.25, -0.2) is 0 Å². The van der Waals surface area contributed by atoms with Crippen molar-refractivity contribution in [3.8, 4) is 0 Å². The number of nitrogens with one attached hydrogen (secondary N) is 1. The Labute approximate surface area is 122 Å². The summed E-state index contributed by atoms with van der Waals surface area (Å²) >= 11 is 1.60. The molecule has 2 aromatic rings. The Hall–Kier alpha value is -0.971. The van der Waals surface area contributed by atoms with Crippen molar-refractivity contribution in [2.75, 3.05) is 0 Å². The molecule has 0 fully saturated rings. The van der Waals surface area contributed by atoms with Crippen molar-refractivity contribution < 1.29 is 26.6 Å². The maximum atomic E-state index is 10.2. The number of thiazole rings is 1. The van der Waals surface area contributed by atoms with Crippen LogP contribution in [0.4, 0.5) is 4.70 Å². The van der Waals surface area contributed by atoms with E-state index in [-0.39, 0.29) is 21.8 Å². The van der Waals surface area contributed by atoms with Gasteiger partial charge in [-0.05, 0) is 12.1 Å². The maximum absolute atomic E-state index is 10.2. The second kappa shape index (κ2) is 18.4. The van der Waals surface area contributed by atoms with Gasteiger partial charge in [-0.15, -0.1) is 11.3 Å². The molecule has 0 aliphatic rings. The molecule has 0 amide bonds. The number of carbonyl (C=O) groups is 1. The van der Waals surface area contributed by atoms with Crippen molar-refractivity contribution in [2.24, 2.45) is 0 Å². The predicted octanol–water partition coefficient (Wildman–Crippen LogP) is 3.95. The van der Waals surface area contributed by atoms with E-state index in [2.05, 4.69) is 9.97 Å². The molecular formula is C12H18CuFN2OS. The number of rotatable bonds is 2. The zero-order valence-electron chi connectivity index (χ0n) is 10.4. The van der Waals surface area contributed by atoms with Crippen molar-refractivity contribution in [3.05, 3.63) is 41.6 Å². The number of H-pyrrole nitrogens is 1. The number of hydrogen-bond donors (Lipinski definition) is 1.